The molecule has 2 saturated carbocycles. The van der Waals surface area contributed by atoms with Crippen LogP contribution < -0.4 is 17.0 Å². The van der Waals surface area contributed by atoms with Crippen LogP contribution in [-0.2, 0) is 43.5 Å². The van der Waals surface area contributed by atoms with Crippen LogP contribution >= 0.6 is 23.2 Å². The van der Waals surface area contributed by atoms with E-state index in [0.29, 0.717) is 58.7 Å². The summed E-state index contributed by atoms with van der Waals surface area (Å²) in [4.78, 5) is 35.2. The minimum Gasteiger partial charge on any atom is -1.00 e. The van der Waals surface area contributed by atoms with Gasteiger partial charge >= 0.3 is 35.2 Å². The van der Waals surface area contributed by atoms with Gasteiger partial charge < -0.3 is 45.5 Å². The zero-order valence-corrected chi connectivity index (χ0v) is 34.1. The van der Waals surface area contributed by atoms with Crippen molar-refractivity contribution in [2.24, 2.45) is 0 Å². The van der Waals surface area contributed by atoms with Crippen LogP contribution in [0.15, 0.2) is 59.8 Å². The van der Waals surface area contributed by atoms with Gasteiger partial charge in [-0.2, -0.15) is 39.9 Å². The molecule has 0 bridgehead atoms. The molecule has 4 fully saturated rings. The maximum Gasteiger partial charge on any atom is 2.00 e. The average Bonchev–Trinajstić information content (AvgIpc) is 3.79. The van der Waals surface area contributed by atoms with E-state index >= 15 is 0 Å². The number of carbonyl (C=O) groups excluding carboxylic acids is 3. The Morgan fingerprint density at radius 1 is 0.846 bits per heavy atom. The van der Waals surface area contributed by atoms with Crippen molar-refractivity contribution in [3.63, 3.8) is 0 Å². The molecule has 0 N–H and O–H groups in total. The summed E-state index contributed by atoms with van der Waals surface area (Å²) in [5.74, 6) is -1.37. The van der Waals surface area contributed by atoms with E-state index < -0.39 is 17.5 Å². The Labute approximate surface area is 343 Å². The summed E-state index contributed by atoms with van der Waals surface area (Å²) < 4.78 is 27.8. The zero-order chi connectivity index (χ0) is 36.5. The average molecular weight is 831 g/mol. The number of esters is 1. The molecule has 10 nitrogen and oxygen atoms in total. The van der Waals surface area contributed by atoms with Crippen LogP contribution in [0.4, 0.5) is 0 Å². The number of allylic oxidation sites excluding steroid dienone is 1. The molecule has 2 aliphatic heterocycles. The molecule has 276 valence electrons. The van der Waals surface area contributed by atoms with Crippen molar-refractivity contribution in [2.75, 3.05) is 33.0 Å². The minimum absolute atomic E-state index is 0. The van der Waals surface area contributed by atoms with Crippen LogP contribution in [0.25, 0.3) is 9.69 Å². The van der Waals surface area contributed by atoms with Crippen molar-refractivity contribution in [2.45, 2.75) is 94.7 Å². The molecule has 4 aliphatic rings. The van der Waals surface area contributed by atoms with Crippen molar-refractivity contribution in [1.82, 2.24) is 0 Å². The molecule has 2 aromatic rings. The third-order valence-corrected chi connectivity index (χ3v) is 9.84. The van der Waals surface area contributed by atoms with Crippen LogP contribution in [0.5, 0.6) is 0 Å². The van der Waals surface area contributed by atoms with Gasteiger partial charge in [0.25, 0.3) is 5.70 Å². The van der Waals surface area contributed by atoms with Gasteiger partial charge in [-0.1, -0.05) is 41.3 Å². The van der Waals surface area contributed by atoms with Gasteiger partial charge in [-0.25, -0.2) is 11.4 Å². The summed E-state index contributed by atoms with van der Waals surface area (Å²) in [5, 5.41) is 1.50. The largest absolute Gasteiger partial charge is 2.00 e. The summed E-state index contributed by atoms with van der Waals surface area (Å²) in [6.07, 6.45) is 7.43. The topological polar surface area (TPSA) is 106 Å². The zero-order valence-electron chi connectivity index (χ0n) is 29.6. The first-order valence-electron chi connectivity index (χ1n) is 16.7. The summed E-state index contributed by atoms with van der Waals surface area (Å²) in [6, 6.07) is 18.0. The summed E-state index contributed by atoms with van der Waals surface area (Å²) in [6.45, 7) is 21.5. The van der Waals surface area contributed by atoms with E-state index in [-0.39, 0.29) is 63.3 Å². The van der Waals surface area contributed by atoms with Crippen LogP contribution in [0.2, 0.25) is 10.0 Å². The Hall–Kier alpha value is -2.32. The molecule has 2 saturated heterocycles. The quantitative estimate of drug-likeness (QED) is 0.183. The third-order valence-electron chi connectivity index (χ3n) is 9.34. The first-order chi connectivity index (χ1) is 24.2. The predicted octanol–water partition coefficient (Wildman–Crippen LogP) is 4.81. The molecular formula is C38H43BrCl2MgN2O8. The number of hydrogen-bond acceptors (Lipinski definition) is 8. The van der Waals surface area contributed by atoms with Gasteiger partial charge in [-0.3, -0.25) is 4.79 Å². The third kappa shape index (κ3) is 13.2. The van der Waals surface area contributed by atoms with E-state index in [0.717, 1.165) is 47.7 Å². The number of halogens is 3. The smallest absolute Gasteiger partial charge is 1.00 e. The number of hydrogen-bond donors (Lipinski definition) is 0. The molecule has 2 spiro atoms. The van der Waals surface area contributed by atoms with E-state index in [1.165, 1.54) is 5.56 Å². The molecule has 0 radical (unpaired) electrons. The fourth-order valence-corrected chi connectivity index (χ4v) is 7.11. The summed E-state index contributed by atoms with van der Waals surface area (Å²) in [5.41, 5.74) is 2.13. The van der Waals surface area contributed by atoms with Crippen LogP contribution in [0.1, 0.15) is 77.2 Å². The minimum atomic E-state index is -0.508. The fourth-order valence-electron chi connectivity index (χ4n) is 6.85. The van der Waals surface area contributed by atoms with E-state index in [4.69, 9.17) is 69.6 Å². The van der Waals surface area contributed by atoms with E-state index in [2.05, 4.69) is 34.8 Å². The van der Waals surface area contributed by atoms with Gasteiger partial charge in [0.1, 0.15) is 0 Å². The van der Waals surface area contributed by atoms with Gasteiger partial charge in [0.05, 0.1) is 45.0 Å². The van der Waals surface area contributed by atoms with Crippen molar-refractivity contribution in [3.05, 3.63) is 104 Å². The molecule has 2 heterocycles. The monoisotopic (exact) mass is 828 g/mol. The fraction of sp³-hybridized carbons (Fsp3) is 0.526. The summed E-state index contributed by atoms with van der Waals surface area (Å²) in [7, 11) is 0. The molecular weight excluding hydrogens is 788 g/mol. The number of benzene rings is 2. The Morgan fingerprint density at radius 3 is 1.69 bits per heavy atom. The Balaban J connectivity index is 0.000000404. The van der Waals surface area contributed by atoms with Gasteiger partial charge in [0.15, 0.2) is 11.6 Å². The van der Waals surface area contributed by atoms with Gasteiger partial charge in [-0.05, 0) is 50.3 Å². The van der Waals surface area contributed by atoms with Crippen LogP contribution in [-0.4, -0.2) is 85.8 Å². The maximum absolute atomic E-state index is 11.6. The molecule has 0 aromatic heterocycles. The van der Waals surface area contributed by atoms with Gasteiger partial charge in [-0.15, -0.1) is 11.6 Å². The SMILES string of the molecule is Clc1cc[c-]cc1.O=C=O.[Br-].[C-]#[N+]C(C(=O)OCC)=C1CCC2(CC1)OCCO2.[C-]#[N+]C(CC)C1(c2ccc(Cl)cc2)CCC2(CC1)OCCO2.[Mg+2]. The van der Waals surface area contributed by atoms with Gasteiger partial charge in [0, 0.05) is 37.1 Å². The first kappa shape index (κ1) is 47.7. The Bertz CT molecular complexity index is 1510. The van der Waals surface area contributed by atoms with E-state index in [9.17, 15) is 4.79 Å². The van der Waals surface area contributed by atoms with E-state index in [1.807, 2.05) is 12.1 Å². The van der Waals surface area contributed by atoms with Crippen molar-refractivity contribution < 1.29 is 55.0 Å². The number of carbonyl (C=O) groups is 1. The summed E-state index contributed by atoms with van der Waals surface area (Å²) >= 11 is 11.6. The predicted molar refractivity (Wildman–Crippen MR) is 191 cm³/mol. The molecule has 52 heavy (non-hydrogen) atoms. The second-order valence-electron chi connectivity index (χ2n) is 12.0. The molecule has 14 heteroatoms. The van der Waals surface area contributed by atoms with Crippen molar-refractivity contribution in [1.29, 1.82) is 0 Å². The number of nitrogens with zero attached hydrogens (tertiary/aromatic N) is 2. The van der Waals surface area contributed by atoms with E-state index in [1.54, 1.807) is 31.2 Å². The number of ether oxygens (including phenoxy) is 5. The molecule has 2 aromatic carbocycles. The second-order valence-corrected chi connectivity index (χ2v) is 12.9. The molecule has 2 aliphatic carbocycles. The van der Waals surface area contributed by atoms with Crippen LogP contribution in [0, 0.1) is 19.2 Å². The van der Waals surface area contributed by atoms with Crippen LogP contribution in [0.3, 0.4) is 0 Å². The molecule has 6 rings (SSSR count). The Kier molecular flexibility index (Phi) is 22.2. The first-order valence-corrected chi connectivity index (χ1v) is 17.5. The molecule has 1 unspecified atom stereocenters. The Morgan fingerprint density at radius 2 is 1.31 bits per heavy atom. The number of rotatable bonds is 5. The van der Waals surface area contributed by atoms with Gasteiger partial charge in [0.2, 0.25) is 6.04 Å². The molecule has 1 atom stereocenters. The second kappa shape index (κ2) is 24.2. The molecule has 0 amide bonds. The van der Waals surface area contributed by atoms with Crippen molar-refractivity contribution in [3.8, 4) is 0 Å². The standard InChI is InChI=1S/C18H22ClNO2.C13H17NO4.C6H4Cl.CO2.BrH.Mg/c1-3-16(20-2)17(14-4-6-15(19)7-5-14)8-10-18(11-9-17)21-12-13-22-18;1-3-16-12(15)11(14-2)10-4-6-13(7-5-10)17-8-9-18-13;7-6-4-2-1-3-5-6;2-1-3;;/h4-7,16H,3,8-13H2,1H3;3-9H2,1H3;2-5H;;1H;/q;;-1;;;+2/p-1. The van der Waals surface area contributed by atoms with Crippen molar-refractivity contribution >= 4 is 58.4 Å². The normalized spacial score (nSPS) is 20.8. The maximum atomic E-state index is 11.6.